The van der Waals surface area contributed by atoms with Crippen LogP contribution in [0.1, 0.15) is 28.9 Å². The average Bonchev–Trinajstić information content (AvgIpc) is 2.79. The maximum atomic E-state index is 12.9. The van der Waals surface area contributed by atoms with Crippen molar-refractivity contribution in [1.82, 2.24) is 5.32 Å². The number of hydrogen-bond acceptors (Lipinski definition) is 4. The highest BCUT2D eigenvalue weighted by atomic mass is 35.5. The van der Waals surface area contributed by atoms with E-state index in [2.05, 4.69) is 10.6 Å². The van der Waals surface area contributed by atoms with Crippen LogP contribution in [0.5, 0.6) is 5.75 Å². The van der Waals surface area contributed by atoms with Crippen LogP contribution in [0.25, 0.3) is 0 Å². The molecule has 0 aliphatic heterocycles. The molecule has 3 aromatic carbocycles. The molecule has 0 aromatic heterocycles. The lowest BCUT2D eigenvalue weighted by atomic mass is 10.1. The second-order valence-electron chi connectivity index (χ2n) is 6.93. The summed E-state index contributed by atoms with van der Waals surface area (Å²) in [6.07, 6.45) is 0. The fourth-order valence-electron chi connectivity index (χ4n) is 2.96. The summed E-state index contributed by atoms with van der Waals surface area (Å²) in [4.78, 5) is 26.0. The Kier molecular flexibility index (Phi) is 8.45. The van der Waals surface area contributed by atoms with Gasteiger partial charge in [-0.2, -0.15) is 0 Å². The molecule has 0 saturated heterocycles. The van der Waals surface area contributed by atoms with Crippen LogP contribution in [0.15, 0.2) is 71.6 Å². The summed E-state index contributed by atoms with van der Waals surface area (Å²) in [6.45, 7) is 1.87. The van der Waals surface area contributed by atoms with Crippen molar-refractivity contribution in [2.75, 3.05) is 18.2 Å². The minimum atomic E-state index is -0.272. The van der Waals surface area contributed by atoms with E-state index in [-0.39, 0.29) is 23.6 Å². The highest BCUT2D eigenvalue weighted by Crippen LogP contribution is 2.27. The van der Waals surface area contributed by atoms with E-state index in [1.165, 1.54) is 11.8 Å². The van der Waals surface area contributed by atoms with Gasteiger partial charge in [0.05, 0.1) is 34.5 Å². The number of amides is 2. The molecule has 0 saturated carbocycles. The topological polar surface area (TPSA) is 67.4 Å². The summed E-state index contributed by atoms with van der Waals surface area (Å²) in [5.74, 6) is 0.403. The molecule has 0 fully saturated rings. The van der Waals surface area contributed by atoms with Crippen molar-refractivity contribution in [2.24, 2.45) is 0 Å². The molecule has 2 N–H and O–H groups in total. The molecule has 0 aliphatic rings. The number of methoxy groups -OCH3 is 1. The standard InChI is InChI=1S/C24H22Cl2N2O3S/c1-15(16-10-11-20(25)21(26)12-16)27-24(30)19-8-3-4-9-22(19)32-14-23(29)28-17-6-5-7-18(13-17)31-2/h3-13,15H,14H2,1-2H3,(H,27,30)(H,28,29). The van der Waals surface area contributed by atoms with Crippen LogP contribution in [-0.2, 0) is 4.79 Å². The van der Waals surface area contributed by atoms with Crippen molar-refractivity contribution in [3.8, 4) is 5.75 Å². The van der Waals surface area contributed by atoms with Gasteiger partial charge in [-0.15, -0.1) is 11.8 Å². The van der Waals surface area contributed by atoms with Crippen molar-refractivity contribution < 1.29 is 14.3 Å². The van der Waals surface area contributed by atoms with Crippen LogP contribution in [0.3, 0.4) is 0 Å². The van der Waals surface area contributed by atoms with E-state index >= 15 is 0 Å². The lowest BCUT2D eigenvalue weighted by Crippen LogP contribution is -2.27. The first-order valence-corrected chi connectivity index (χ1v) is 11.5. The van der Waals surface area contributed by atoms with Gasteiger partial charge in [-0.05, 0) is 48.9 Å². The van der Waals surface area contributed by atoms with Crippen LogP contribution >= 0.6 is 35.0 Å². The van der Waals surface area contributed by atoms with Crippen molar-refractivity contribution >= 4 is 52.5 Å². The lowest BCUT2D eigenvalue weighted by molar-refractivity contribution is -0.113. The van der Waals surface area contributed by atoms with Crippen LogP contribution in [-0.4, -0.2) is 24.7 Å². The van der Waals surface area contributed by atoms with E-state index in [1.807, 2.05) is 25.1 Å². The maximum Gasteiger partial charge on any atom is 0.252 e. The monoisotopic (exact) mass is 488 g/mol. The van der Waals surface area contributed by atoms with Crippen LogP contribution in [0.4, 0.5) is 5.69 Å². The zero-order valence-electron chi connectivity index (χ0n) is 17.5. The predicted molar refractivity (Wildman–Crippen MR) is 131 cm³/mol. The molecule has 0 spiro atoms. The van der Waals surface area contributed by atoms with Crippen molar-refractivity contribution in [1.29, 1.82) is 0 Å². The van der Waals surface area contributed by atoms with E-state index in [0.29, 0.717) is 31.9 Å². The number of thioether (sulfide) groups is 1. The Balaban J connectivity index is 1.63. The largest absolute Gasteiger partial charge is 0.497 e. The Morgan fingerprint density at radius 2 is 1.78 bits per heavy atom. The molecule has 0 bridgehead atoms. The molecule has 1 unspecified atom stereocenters. The van der Waals surface area contributed by atoms with E-state index in [0.717, 1.165) is 5.56 Å². The fourth-order valence-corrected chi connectivity index (χ4v) is 4.12. The van der Waals surface area contributed by atoms with E-state index < -0.39 is 0 Å². The third-order valence-electron chi connectivity index (χ3n) is 4.64. The Bertz CT molecular complexity index is 1120. The van der Waals surface area contributed by atoms with Crippen molar-refractivity contribution in [2.45, 2.75) is 17.9 Å². The van der Waals surface area contributed by atoms with Crippen molar-refractivity contribution in [3.05, 3.63) is 87.9 Å². The van der Waals surface area contributed by atoms with Crippen LogP contribution in [0.2, 0.25) is 10.0 Å². The average molecular weight is 489 g/mol. The number of halogens is 2. The Morgan fingerprint density at radius 1 is 1.00 bits per heavy atom. The van der Waals surface area contributed by atoms with Crippen molar-refractivity contribution in [3.63, 3.8) is 0 Å². The molecule has 32 heavy (non-hydrogen) atoms. The third-order valence-corrected chi connectivity index (χ3v) is 6.45. The Hall–Kier alpha value is -2.67. The van der Waals surface area contributed by atoms with Crippen LogP contribution in [0, 0.1) is 0 Å². The first kappa shape index (κ1) is 24.0. The molecule has 5 nitrogen and oxygen atoms in total. The summed E-state index contributed by atoms with van der Waals surface area (Å²) in [6, 6.07) is 19.3. The molecule has 3 aromatic rings. The van der Waals surface area contributed by atoms with Gasteiger partial charge in [0.1, 0.15) is 5.75 Å². The van der Waals surface area contributed by atoms with Gasteiger partial charge < -0.3 is 15.4 Å². The molecule has 1 atom stereocenters. The molecule has 0 radical (unpaired) electrons. The molecular formula is C24H22Cl2N2O3S. The van der Waals surface area contributed by atoms with E-state index in [1.54, 1.807) is 55.6 Å². The zero-order chi connectivity index (χ0) is 23.1. The molecule has 0 heterocycles. The number of carbonyl (C=O) groups excluding carboxylic acids is 2. The smallest absolute Gasteiger partial charge is 0.252 e. The Morgan fingerprint density at radius 3 is 2.53 bits per heavy atom. The van der Waals surface area contributed by atoms with E-state index in [9.17, 15) is 9.59 Å². The Labute approximate surface area is 201 Å². The van der Waals surface area contributed by atoms with Gasteiger partial charge in [0.25, 0.3) is 5.91 Å². The number of ether oxygens (including phenoxy) is 1. The summed E-state index contributed by atoms with van der Waals surface area (Å²) < 4.78 is 5.17. The number of rotatable bonds is 8. The molecule has 166 valence electrons. The third kappa shape index (κ3) is 6.42. The summed E-state index contributed by atoms with van der Waals surface area (Å²) in [5.41, 5.74) is 1.99. The lowest BCUT2D eigenvalue weighted by Gasteiger charge is -2.16. The second kappa shape index (κ2) is 11.3. The van der Waals surface area contributed by atoms with Gasteiger partial charge in [0, 0.05) is 16.6 Å². The highest BCUT2D eigenvalue weighted by Gasteiger charge is 2.16. The quantitative estimate of drug-likeness (QED) is 0.369. The zero-order valence-corrected chi connectivity index (χ0v) is 19.9. The SMILES string of the molecule is COc1cccc(NC(=O)CSc2ccccc2C(=O)NC(C)c2ccc(Cl)c(Cl)c2)c1. The second-order valence-corrected chi connectivity index (χ2v) is 8.77. The molecule has 8 heteroatoms. The predicted octanol–water partition coefficient (Wildman–Crippen LogP) is 6.22. The molecule has 2 amide bonds. The van der Waals surface area contributed by atoms with Crippen LogP contribution < -0.4 is 15.4 Å². The maximum absolute atomic E-state index is 12.9. The number of carbonyl (C=O) groups is 2. The molecule has 3 rings (SSSR count). The van der Waals surface area contributed by atoms with E-state index in [4.69, 9.17) is 27.9 Å². The summed E-state index contributed by atoms with van der Waals surface area (Å²) >= 11 is 13.4. The number of hydrogen-bond donors (Lipinski definition) is 2. The number of anilines is 1. The normalized spacial score (nSPS) is 11.5. The molecule has 0 aliphatic carbocycles. The number of benzene rings is 3. The molecular weight excluding hydrogens is 467 g/mol. The summed E-state index contributed by atoms with van der Waals surface area (Å²) in [5, 5.41) is 6.70. The van der Waals surface area contributed by atoms with Gasteiger partial charge in [0.15, 0.2) is 0 Å². The minimum Gasteiger partial charge on any atom is -0.497 e. The van der Waals surface area contributed by atoms with Gasteiger partial charge >= 0.3 is 0 Å². The van der Waals surface area contributed by atoms with Gasteiger partial charge in [-0.1, -0.05) is 47.5 Å². The van der Waals surface area contributed by atoms with Gasteiger partial charge in [-0.25, -0.2) is 0 Å². The van der Waals surface area contributed by atoms with Gasteiger partial charge in [0.2, 0.25) is 5.91 Å². The first-order chi connectivity index (χ1) is 15.4. The fraction of sp³-hybridized carbons (Fsp3) is 0.167. The highest BCUT2D eigenvalue weighted by molar-refractivity contribution is 8.00. The first-order valence-electron chi connectivity index (χ1n) is 9.79. The summed E-state index contributed by atoms with van der Waals surface area (Å²) in [7, 11) is 1.57. The number of nitrogens with one attached hydrogen (secondary N) is 2. The van der Waals surface area contributed by atoms with Gasteiger partial charge in [-0.3, -0.25) is 9.59 Å². The minimum absolute atomic E-state index is 0.157.